The summed E-state index contributed by atoms with van der Waals surface area (Å²) in [6, 6.07) is 7.26. The molecule has 1 N–H and O–H groups in total. The predicted molar refractivity (Wildman–Crippen MR) is 96.9 cm³/mol. The van der Waals surface area contributed by atoms with Crippen LogP contribution in [0.15, 0.2) is 30.5 Å². The molecule has 1 aromatic carbocycles. The molecule has 0 unspecified atom stereocenters. The molecular formula is C17H19Cl2N3O2. The van der Waals surface area contributed by atoms with Crippen LogP contribution in [0.2, 0.25) is 10.0 Å². The fourth-order valence-electron chi connectivity index (χ4n) is 2.26. The number of hydrogen-bond acceptors (Lipinski definition) is 5. The maximum atomic E-state index is 11.6. The topological polar surface area (TPSA) is 54.5 Å². The molecule has 0 aliphatic carbocycles. The van der Waals surface area contributed by atoms with Gasteiger partial charge in [0.15, 0.2) is 0 Å². The molecule has 5 nitrogen and oxygen atoms in total. The number of benzene rings is 1. The van der Waals surface area contributed by atoms with Gasteiger partial charge in [-0.3, -0.25) is 0 Å². The largest absolute Gasteiger partial charge is 0.464 e. The number of carbonyl (C=O) groups is 1. The van der Waals surface area contributed by atoms with Crippen molar-refractivity contribution in [3.05, 3.63) is 57.3 Å². The molecule has 0 amide bonds. The summed E-state index contributed by atoms with van der Waals surface area (Å²) in [7, 11) is 5.16. The number of hydrogen-bond donors (Lipinski definition) is 1. The zero-order valence-electron chi connectivity index (χ0n) is 13.8. The number of halogens is 2. The second kappa shape index (κ2) is 8.33. The van der Waals surface area contributed by atoms with Gasteiger partial charge in [0.05, 0.1) is 17.2 Å². The molecule has 0 saturated heterocycles. The molecule has 0 bridgehead atoms. The Morgan fingerprint density at radius 2 is 1.96 bits per heavy atom. The fraction of sp³-hybridized carbons (Fsp3) is 0.294. The standard InChI is InChI=1S/C17H19Cl2N3O2/c1-22(2)15-7-14(17(23)24-3)21-10-12(15)9-20-8-11-5-4-6-13(18)16(11)19/h4-7,10,20H,8-9H2,1-3H3. The molecule has 24 heavy (non-hydrogen) atoms. The van der Waals surface area contributed by atoms with E-state index in [0.29, 0.717) is 23.1 Å². The highest BCUT2D eigenvalue weighted by molar-refractivity contribution is 6.42. The molecule has 1 heterocycles. The van der Waals surface area contributed by atoms with Gasteiger partial charge in [0.2, 0.25) is 0 Å². The molecule has 1 aromatic heterocycles. The van der Waals surface area contributed by atoms with E-state index in [2.05, 4.69) is 10.3 Å². The Morgan fingerprint density at radius 3 is 2.62 bits per heavy atom. The van der Waals surface area contributed by atoms with Crippen molar-refractivity contribution in [1.29, 1.82) is 0 Å². The van der Waals surface area contributed by atoms with Gasteiger partial charge < -0.3 is 15.0 Å². The molecule has 2 aromatic rings. The maximum Gasteiger partial charge on any atom is 0.356 e. The summed E-state index contributed by atoms with van der Waals surface area (Å²) in [4.78, 5) is 17.7. The van der Waals surface area contributed by atoms with Gasteiger partial charge in [0, 0.05) is 44.6 Å². The van der Waals surface area contributed by atoms with E-state index in [1.165, 1.54) is 7.11 Å². The Kier molecular flexibility index (Phi) is 6.43. The normalized spacial score (nSPS) is 10.5. The maximum absolute atomic E-state index is 11.6. The van der Waals surface area contributed by atoms with Crippen LogP contribution in [0.5, 0.6) is 0 Å². The highest BCUT2D eigenvalue weighted by Crippen LogP contribution is 2.25. The summed E-state index contributed by atoms with van der Waals surface area (Å²) in [5, 5.41) is 4.41. The monoisotopic (exact) mass is 367 g/mol. The van der Waals surface area contributed by atoms with E-state index < -0.39 is 5.97 Å². The first-order chi connectivity index (χ1) is 11.4. The summed E-state index contributed by atoms with van der Waals surface area (Å²) in [6.07, 6.45) is 1.67. The number of rotatable bonds is 6. The van der Waals surface area contributed by atoms with E-state index in [4.69, 9.17) is 27.9 Å². The number of aromatic nitrogens is 1. The summed E-state index contributed by atoms with van der Waals surface area (Å²) in [5.74, 6) is -0.455. The van der Waals surface area contributed by atoms with Crippen molar-refractivity contribution in [2.24, 2.45) is 0 Å². The van der Waals surface area contributed by atoms with Crippen LogP contribution in [0.4, 0.5) is 5.69 Å². The number of esters is 1. The number of nitrogens with zero attached hydrogens (tertiary/aromatic N) is 2. The lowest BCUT2D eigenvalue weighted by Crippen LogP contribution is -2.19. The number of methoxy groups -OCH3 is 1. The molecule has 0 aliphatic rings. The molecule has 0 radical (unpaired) electrons. The van der Waals surface area contributed by atoms with Crippen LogP contribution in [0, 0.1) is 0 Å². The third-order valence-corrected chi connectivity index (χ3v) is 4.36. The Labute approximate surface area is 151 Å². The minimum atomic E-state index is -0.455. The number of ether oxygens (including phenoxy) is 1. The Morgan fingerprint density at radius 1 is 1.25 bits per heavy atom. The van der Waals surface area contributed by atoms with Gasteiger partial charge in [0.1, 0.15) is 5.69 Å². The van der Waals surface area contributed by atoms with E-state index in [9.17, 15) is 4.79 Å². The van der Waals surface area contributed by atoms with Gasteiger partial charge in [-0.05, 0) is 17.7 Å². The lowest BCUT2D eigenvalue weighted by Gasteiger charge is -2.18. The van der Waals surface area contributed by atoms with Crippen molar-refractivity contribution in [2.75, 3.05) is 26.1 Å². The number of anilines is 1. The van der Waals surface area contributed by atoms with Crippen molar-refractivity contribution >= 4 is 34.9 Å². The van der Waals surface area contributed by atoms with E-state index in [1.807, 2.05) is 31.1 Å². The summed E-state index contributed by atoms with van der Waals surface area (Å²) in [6.45, 7) is 1.15. The van der Waals surface area contributed by atoms with Crippen LogP contribution in [-0.2, 0) is 17.8 Å². The predicted octanol–water partition coefficient (Wildman–Crippen LogP) is 3.53. The molecule has 0 saturated carbocycles. The lowest BCUT2D eigenvalue weighted by molar-refractivity contribution is 0.0594. The molecule has 0 atom stereocenters. The smallest absolute Gasteiger partial charge is 0.356 e. The van der Waals surface area contributed by atoms with Crippen LogP contribution in [-0.4, -0.2) is 32.2 Å². The molecule has 0 aliphatic heterocycles. The molecule has 0 spiro atoms. The third kappa shape index (κ3) is 4.38. The average Bonchev–Trinajstić information content (AvgIpc) is 2.58. The summed E-state index contributed by atoms with van der Waals surface area (Å²) < 4.78 is 4.71. The first-order valence-corrected chi connectivity index (χ1v) is 8.07. The number of pyridine rings is 1. The Hall–Kier alpha value is -1.82. The second-order valence-electron chi connectivity index (χ2n) is 5.40. The number of carbonyl (C=O) groups excluding carboxylic acids is 1. The van der Waals surface area contributed by atoms with Crippen LogP contribution >= 0.6 is 23.2 Å². The average molecular weight is 368 g/mol. The van der Waals surface area contributed by atoms with Crippen LogP contribution < -0.4 is 10.2 Å². The minimum Gasteiger partial charge on any atom is -0.464 e. The van der Waals surface area contributed by atoms with Crippen LogP contribution in [0.3, 0.4) is 0 Å². The van der Waals surface area contributed by atoms with Crippen molar-refractivity contribution in [2.45, 2.75) is 13.1 Å². The van der Waals surface area contributed by atoms with Gasteiger partial charge >= 0.3 is 5.97 Å². The molecule has 128 valence electrons. The molecule has 7 heteroatoms. The van der Waals surface area contributed by atoms with Crippen molar-refractivity contribution in [1.82, 2.24) is 10.3 Å². The van der Waals surface area contributed by atoms with Gasteiger partial charge in [-0.25, -0.2) is 9.78 Å². The van der Waals surface area contributed by atoms with Crippen molar-refractivity contribution in [3.63, 3.8) is 0 Å². The third-order valence-electron chi connectivity index (χ3n) is 3.50. The van der Waals surface area contributed by atoms with Gasteiger partial charge in [-0.2, -0.15) is 0 Å². The van der Waals surface area contributed by atoms with E-state index in [-0.39, 0.29) is 5.69 Å². The van der Waals surface area contributed by atoms with Crippen molar-refractivity contribution < 1.29 is 9.53 Å². The summed E-state index contributed by atoms with van der Waals surface area (Å²) in [5.41, 5.74) is 3.07. The SMILES string of the molecule is COC(=O)c1cc(N(C)C)c(CNCc2cccc(Cl)c2Cl)cn1. The lowest BCUT2D eigenvalue weighted by atomic mass is 10.1. The first-order valence-electron chi connectivity index (χ1n) is 7.32. The van der Waals surface area contributed by atoms with Gasteiger partial charge in [-0.15, -0.1) is 0 Å². The second-order valence-corrected chi connectivity index (χ2v) is 6.19. The zero-order valence-corrected chi connectivity index (χ0v) is 15.3. The number of nitrogens with one attached hydrogen (secondary N) is 1. The Bertz CT molecular complexity index is 736. The molecular weight excluding hydrogens is 349 g/mol. The molecule has 0 fully saturated rings. The van der Waals surface area contributed by atoms with Crippen LogP contribution in [0.1, 0.15) is 21.6 Å². The van der Waals surface area contributed by atoms with Gasteiger partial charge in [-0.1, -0.05) is 35.3 Å². The highest BCUT2D eigenvalue weighted by atomic mass is 35.5. The van der Waals surface area contributed by atoms with Crippen molar-refractivity contribution in [3.8, 4) is 0 Å². The minimum absolute atomic E-state index is 0.280. The van der Waals surface area contributed by atoms with Gasteiger partial charge in [0.25, 0.3) is 0 Å². The Balaban J connectivity index is 2.11. The van der Waals surface area contributed by atoms with E-state index in [0.717, 1.165) is 16.8 Å². The zero-order chi connectivity index (χ0) is 17.7. The van der Waals surface area contributed by atoms with E-state index in [1.54, 1.807) is 18.3 Å². The summed E-state index contributed by atoms with van der Waals surface area (Å²) >= 11 is 12.2. The first kappa shape index (κ1) is 18.5. The molecule has 2 rings (SSSR count). The highest BCUT2D eigenvalue weighted by Gasteiger charge is 2.13. The van der Waals surface area contributed by atoms with E-state index >= 15 is 0 Å². The fourth-order valence-corrected chi connectivity index (χ4v) is 2.65. The quantitative estimate of drug-likeness (QED) is 0.791. The van der Waals surface area contributed by atoms with Crippen LogP contribution in [0.25, 0.3) is 0 Å².